The Morgan fingerprint density at radius 2 is 1.71 bits per heavy atom. The number of nitrogens with zero attached hydrogens (tertiary/aromatic N) is 1. The fourth-order valence-corrected chi connectivity index (χ4v) is 2.50. The Bertz CT molecular complexity index is 459. The molecule has 1 aromatic rings. The van der Waals surface area contributed by atoms with Gasteiger partial charge in [0.2, 0.25) is 0 Å². The van der Waals surface area contributed by atoms with Crippen LogP contribution in [-0.4, -0.2) is 23.0 Å². The molecule has 1 aromatic heterocycles. The Balaban J connectivity index is 3.03. The number of pyridine rings is 1. The van der Waals surface area contributed by atoms with Crippen LogP contribution < -0.4 is 10.6 Å². The fourth-order valence-electron chi connectivity index (χ4n) is 2.50. The summed E-state index contributed by atoms with van der Waals surface area (Å²) < 4.78 is 0. The summed E-state index contributed by atoms with van der Waals surface area (Å²) in [5.74, 6) is 0.772. The van der Waals surface area contributed by atoms with Crippen LogP contribution in [0.2, 0.25) is 0 Å². The topological polar surface area (TPSA) is 54.0 Å². The van der Waals surface area contributed by atoms with Crippen LogP contribution in [0.4, 0.5) is 5.82 Å². The molecular weight excluding hydrogens is 262 g/mol. The monoisotopic (exact) mass is 291 g/mol. The van der Waals surface area contributed by atoms with Gasteiger partial charge in [-0.15, -0.1) is 0 Å². The lowest BCUT2D eigenvalue weighted by atomic mass is 9.89. The van der Waals surface area contributed by atoms with Gasteiger partial charge >= 0.3 is 0 Å². The minimum absolute atomic E-state index is 0.00296. The van der Waals surface area contributed by atoms with Crippen LogP contribution >= 0.6 is 0 Å². The number of hydrogen-bond donors (Lipinski definition) is 2. The molecule has 4 nitrogen and oxygen atoms in total. The van der Waals surface area contributed by atoms with Crippen molar-refractivity contribution in [2.24, 2.45) is 0 Å². The van der Waals surface area contributed by atoms with Crippen molar-refractivity contribution in [3.8, 4) is 0 Å². The zero-order chi connectivity index (χ0) is 15.9. The van der Waals surface area contributed by atoms with Crippen LogP contribution in [-0.2, 0) is 6.42 Å². The van der Waals surface area contributed by atoms with Crippen molar-refractivity contribution < 1.29 is 4.79 Å². The molecule has 0 saturated carbocycles. The normalized spacial score (nSPS) is 11.3. The molecule has 0 unspecified atom stereocenters. The smallest absolute Gasteiger partial charge is 0.251 e. The maximum atomic E-state index is 12.6. The third-order valence-corrected chi connectivity index (χ3v) is 4.27. The highest BCUT2D eigenvalue weighted by Gasteiger charge is 2.26. The number of carbonyl (C=O) groups excluding carboxylic acids is 1. The van der Waals surface area contributed by atoms with Crippen molar-refractivity contribution in [3.05, 3.63) is 23.4 Å². The van der Waals surface area contributed by atoms with Gasteiger partial charge in [0, 0.05) is 23.3 Å². The molecule has 0 saturated heterocycles. The van der Waals surface area contributed by atoms with E-state index in [9.17, 15) is 4.79 Å². The molecule has 0 aromatic carbocycles. The molecule has 2 N–H and O–H groups in total. The van der Waals surface area contributed by atoms with E-state index in [0.717, 1.165) is 43.7 Å². The summed E-state index contributed by atoms with van der Waals surface area (Å²) >= 11 is 0. The number of rotatable bonds is 8. The minimum Gasteiger partial charge on any atom is -0.370 e. The zero-order valence-corrected chi connectivity index (χ0v) is 14.0. The molecule has 1 heterocycles. The van der Waals surface area contributed by atoms with Crippen LogP contribution in [0.15, 0.2) is 12.1 Å². The van der Waals surface area contributed by atoms with Gasteiger partial charge in [-0.1, -0.05) is 27.7 Å². The molecule has 0 spiro atoms. The van der Waals surface area contributed by atoms with Gasteiger partial charge in [-0.2, -0.15) is 0 Å². The molecule has 0 atom stereocenters. The van der Waals surface area contributed by atoms with Gasteiger partial charge in [-0.3, -0.25) is 4.79 Å². The molecule has 4 heteroatoms. The molecule has 21 heavy (non-hydrogen) atoms. The van der Waals surface area contributed by atoms with E-state index in [0.29, 0.717) is 5.56 Å². The van der Waals surface area contributed by atoms with Crippen LogP contribution in [0, 0.1) is 0 Å². The first-order chi connectivity index (χ1) is 10.0. The second-order valence-electron chi connectivity index (χ2n) is 5.41. The largest absolute Gasteiger partial charge is 0.370 e. The Hall–Kier alpha value is -1.58. The summed E-state index contributed by atoms with van der Waals surface area (Å²) in [5.41, 5.74) is 1.52. The molecule has 0 aliphatic carbocycles. The molecule has 0 radical (unpaired) electrons. The quantitative estimate of drug-likeness (QED) is 0.766. The zero-order valence-electron chi connectivity index (χ0n) is 14.0. The van der Waals surface area contributed by atoms with Crippen molar-refractivity contribution in [1.29, 1.82) is 0 Å². The highest BCUT2D eigenvalue weighted by Crippen LogP contribution is 2.21. The van der Waals surface area contributed by atoms with Gasteiger partial charge in [0.1, 0.15) is 5.82 Å². The van der Waals surface area contributed by atoms with Gasteiger partial charge in [-0.05, 0) is 44.7 Å². The predicted octanol–water partition coefficient (Wildman–Crippen LogP) is 3.77. The predicted molar refractivity (Wildman–Crippen MR) is 88.8 cm³/mol. The Morgan fingerprint density at radius 3 is 2.19 bits per heavy atom. The third-order valence-electron chi connectivity index (χ3n) is 4.27. The number of carbonyl (C=O) groups is 1. The lowest BCUT2D eigenvalue weighted by Gasteiger charge is -2.32. The highest BCUT2D eigenvalue weighted by atomic mass is 16.1. The fraction of sp³-hybridized carbons (Fsp3) is 0.647. The Morgan fingerprint density at radius 1 is 1.10 bits per heavy atom. The van der Waals surface area contributed by atoms with Crippen LogP contribution in [0.3, 0.4) is 0 Å². The summed E-state index contributed by atoms with van der Waals surface area (Å²) in [5, 5.41) is 6.41. The molecule has 118 valence electrons. The van der Waals surface area contributed by atoms with E-state index in [1.165, 1.54) is 0 Å². The van der Waals surface area contributed by atoms with E-state index in [2.05, 4.69) is 36.4 Å². The van der Waals surface area contributed by atoms with Crippen LogP contribution in [0.1, 0.15) is 69.9 Å². The molecule has 1 amide bonds. The average molecular weight is 291 g/mol. The summed E-state index contributed by atoms with van der Waals surface area (Å²) in [6, 6.07) is 3.73. The van der Waals surface area contributed by atoms with Crippen LogP contribution in [0.25, 0.3) is 0 Å². The molecule has 0 fully saturated rings. The van der Waals surface area contributed by atoms with E-state index in [-0.39, 0.29) is 11.4 Å². The number of anilines is 1. The lowest BCUT2D eigenvalue weighted by molar-refractivity contribution is 0.0888. The maximum absolute atomic E-state index is 12.6. The van der Waals surface area contributed by atoms with Gasteiger partial charge in [0.25, 0.3) is 5.91 Å². The highest BCUT2D eigenvalue weighted by molar-refractivity contribution is 5.95. The summed E-state index contributed by atoms with van der Waals surface area (Å²) in [6.45, 7) is 11.2. The molecule has 0 bridgehead atoms. The summed E-state index contributed by atoms with van der Waals surface area (Å²) in [4.78, 5) is 17.1. The van der Waals surface area contributed by atoms with Crippen molar-refractivity contribution in [2.75, 3.05) is 11.9 Å². The van der Waals surface area contributed by atoms with Crippen molar-refractivity contribution in [2.45, 2.75) is 65.8 Å². The summed E-state index contributed by atoms with van der Waals surface area (Å²) in [7, 11) is 0. The van der Waals surface area contributed by atoms with Crippen molar-refractivity contribution >= 4 is 11.7 Å². The van der Waals surface area contributed by atoms with E-state index >= 15 is 0 Å². The first-order valence-corrected chi connectivity index (χ1v) is 8.11. The Kier molecular flexibility index (Phi) is 6.66. The van der Waals surface area contributed by atoms with Crippen molar-refractivity contribution in [3.63, 3.8) is 0 Å². The van der Waals surface area contributed by atoms with Gasteiger partial charge in [0.05, 0.1) is 0 Å². The van der Waals surface area contributed by atoms with E-state index in [1.807, 2.05) is 26.0 Å². The van der Waals surface area contributed by atoms with Gasteiger partial charge < -0.3 is 10.6 Å². The number of aromatic nitrogens is 1. The van der Waals surface area contributed by atoms with E-state index < -0.39 is 0 Å². The molecule has 0 aliphatic heterocycles. The number of hydrogen-bond acceptors (Lipinski definition) is 3. The van der Waals surface area contributed by atoms with E-state index in [4.69, 9.17) is 0 Å². The van der Waals surface area contributed by atoms with Gasteiger partial charge in [-0.25, -0.2) is 4.98 Å². The summed E-state index contributed by atoms with van der Waals surface area (Å²) in [6.07, 6.45) is 3.65. The van der Waals surface area contributed by atoms with Crippen molar-refractivity contribution in [1.82, 2.24) is 10.3 Å². The second kappa shape index (κ2) is 8.01. The molecular formula is C17H29N3O. The number of nitrogens with one attached hydrogen (secondary N) is 2. The van der Waals surface area contributed by atoms with Crippen LogP contribution in [0.5, 0.6) is 0 Å². The number of amides is 1. The second-order valence-corrected chi connectivity index (χ2v) is 5.41. The first-order valence-electron chi connectivity index (χ1n) is 8.11. The molecule has 1 rings (SSSR count). The third kappa shape index (κ3) is 4.45. The first kappa shape index (κ1) is 17.5. The Labute approximate surface area is 128 Å². The van der Waals surface area contributed by atoms with E-state index in [1.54, 1.807) is 0 Å². The van der Waals surface area contributed by atoms with Gasteiger partial charge in [0.15, 0.2) is 0 Å². The lowest BCUT2D eigenvalue weighted by Crippen LogP contribution is -2.47. The SMILES string of the molecule is CCNc1cc(C(=O)NC(CC)(CC)CC)cc(CC)n1. The molecule has 0 aliphatic rings. The minimum atomic E-state index is -0.106. The maximum Gasteiger partial charge on any atom is 0.251 e. The standard InChI is InChI=1S/C17H29N3O/c1-6-14-11-13(12-15(19-14)18-10-5)16(21)20-17(7-2,8-3)9-4/h11-12H,6-10H2,1-5H3,(H,18,19)(H,20,21). The average Bonchev–Trinajstić information content (AvgIpc) is 2.52. The number of aryl methyl sites for hydroxylation is 1.